The standard InChI is InChI=1S/C24H29FN6O5S/c1-3-31-21(33)20(37-22(31)17(14-26)23(34)36-4-2)15-27-16-5-6-18(25)19(13-16)28-24(35)30-9-7-29(8-10-30)11-12-32/h5-6,13,15,27,32H,3-4,7-12H2,1-2H3,(H,28,35)/b20-15+,22-17-. The molecule has 37 heavy (non-hydrogen) atoms. The van der Waals surface area contributed by atoms with E-state index < -0.39 is 23.4 Å². The number of halogens is 1. The average molecular weight is 533 g/mol. The Hall–Kier alpha value is -3.73. The molecule has 0 atom stereocenters. The Balaban J connectivity index is 1.81. The van der Waals surface area contributed by atoms with Gasteiger partial charge < -0.3 is 25.4 Å². The average Bonchev–Trinajstić information content (AvgIpc) is 3.20. The van der Waals surface area contributed by atoms with Crippen molar-refractivity contribution < 1.29 is 23.8 Å². The number of aromatic nitrogens is 1. The first-order valence-corrected chi connectivity index (χ1v) is 12.6. The summed E-state index contributed by atoms with van der Waals surface area (Å²) in [4.78, 5) is 41.2. The monoisotopic (exact) mass is 532 g/mol. The van der Waals surface area contributed by atoms with Gasteiger partial charge in [0.15, 0.2) is 5.57 Å². The van der Waals surface area contributed by atoms with Crippen molar-refractivity contribution in [1.82, 2.24) is 14.4 Å². The molecule has 1 aliphatic heterocycles. The first-order valence-electron chi connectivity index (χ1n) is 11.8. The molecule has 0 spiro atoms. The predicted octanol–water partition coefficient (Wildman–Crippen LogP) is 0.298. The number of nitrogens with one attached hydrogen (secondary N) is 2. The largest absolute Gasteiger partial charge is 0.462 e. The van der Waals surface area contributed by atoms with Crippen LogP contribution in [-0.2, 0) is 16.1 Å². The zero-order chi connectivity index (χ0) is 26.9. The van der Waals surface area contributed by atoms with Gasteiger partial charge in [0.25, 0.3) is 5.56 Å². The smallest absolute Gasteiger partial charge is 0.351 e. The highest BCUT2D eigenvalue weighted by Gasteiger charge is 2.21. The summed E-state index contributed by atoms with van der Waals surface area (Å²) in [6.07, 6.45) is 1.40. The van der Waals surface area contributed by atoms with Crippen LogP contribution in [0.3, 0.4) is 0 Å². The minimum absolute atomic E-state index is 0.0264. The first-order chi connectivity index (χ1) is 17.8. The molecule has 2 heterocycles. The summed E-state index contributed by atoms with van der Waals surface area (Å²) in [5.41, 5.74) is -0.268. The molecular formula is C24H29FN6O5S. The van der Waals surface area contributed by atoms with Crippen molar-refractivity contribution in [2.45, 2.75) is 20.4 Å². The van der Waals surface area contributed by atoms with E-state index in [0.29, 0.717) is 38.4 Å². The number of β-amino-alcohol motifs (C(OH)–C–C–N with tert-alkyl or cyclic N) is 1. The van der Waals surface area contributed by atoms with E-state index in [1.54, 1.807) is 18.7 Å². The van der Waals surface area contributed by atoms with Crippen molar-refractivity contribution in [2.75, 3.05) is 56.6 Å². The van der Waals surface area contributed by atoms with Crippen molar-refractivity contribution in [3.8, 4) is 6.07 Å². The van der Waals surface area contributed by atoms with Gasteiger partial charge in [-0.1, -0.05) is 0 Å². The number of benzene rings is 1. The molecule has 0 bridgehead atoms. The van der Waals surface area contributed by atoms with Crippen LogP contribution >= 0.6 is 11.3 Å². The van der Waals surface area contributed by atoms with Gasteiger partial charge in [0.05, 0.1) is 18.9 Å². The number of nitrogens with zero attached hydrogens (tertiary/aromatic N) is 4. The second-order valence-corrected chi connectivity index (χ2v) is 9.02. The lowest BCUT2D eigenvalue weighted by molar-refractivity contribution is -0.136. The summed E-state index contributed by atoms with van der Waals surface area (Å²) in [7, 11) is 0. The van der Waals surface area contributed by atoms with Crippen LogP contribution in [-0.4, -0.2) is 77.4 Å². The molecule has 3 rings (SSSR count). The highest BCUT2D eigenvalue weighted by Crippen LogP contribution is 2.20. The summed E-state index contributed by atoms with van der Waals surface area (Å²) in [6.45, 7) is 6.41. The molecule has 11 nitrogen and oxygen atoms in total. The third-order valence-corrected chi connectivity index (χ3v) is 6.81. The van der Waals surface area contributed by atoms with Crippen molar-refractivity contribution in [2.24, 2.45) is 0 Å². The topological polar surface area (TPSA) is 140 Å². The molecule has 0 aliphatic carbocycles. The highest BCUT2D eigenvalue weighted by molar-refractivity contribution is 7.07. The molecule has 13 heteroatoms. The number of thiazole rings is 1. The number of amides is 2. The number of hydrogen-bond acceptors (Lipinski definition) is 9. The minimum atomic E-state index is -0.804. The zero-order valence-corrected chi connectivity index (χ0v) is 21.4. The number of aliphatic hydroxyl groups excluding tert-OH is 1. The Morgan fingerprint density at radius 3 is 2.62 bits per heavy atom. The van der Waals surface area contributed by atoms with Crippen molar-refractivity contribution in [3.63, 3.8) is 0 Å². The number of rotatable bonds is 8. The van der Waals surface area contributed by atoms with Gasteiger partial charge in [0, 0.05) is 51.2 Å². The Bertz CT molecular complexity index is 1360. The van der Waals surface area contributed by atoms with Gasteiger partial charge in [-0.15, -0.1) is 11.3 Å². The molecule has 0 saturated carbocycles. The Kier molecular flexibility index (Phi) is 9.78. The second-order valence-electron chi connectivity index (χ2n) is 7.99. The van der Waals surface area contributed by atoms with Crippen LogP contribution in [0.4, 0.5) is 20.6 Å². The molecule has 1 aromatic heterocycles. The molecule has 198 valence electrons. The number of urea groups is 1. The highest BCUT2D eigenvalue weighted by atomic mass is 32.1. The number of carbonyl (C=O) groups is 2. The number of carbonyl (C=O) groups excluding carboxylic acids is 2. The lowest BCUT2D eigenvalue weighted by atomic mass is 10.2. The molecule has 3 N–H and O–H groups in total. The molecule has 1 fully saturated rings. The summed E-state index contributed by atoms with van der Waals surface area (Å²) >= 11 is 0.959. The van der Waals surface area contributed by atoms with Crippen molar-refractivity contribution >= 4 is 46.5 Å². The summed E-state index contributed by atoms with van der Waals surface area (Å²) in [5, 5.41) is 24.0. The van der Waals surface area contributed by atoms with Crippen LogP contribution in [0.15, 0.2) is 23.0 Å². The van der Waals surface area contributed by atoms with Crippen LogP contribution in [0, 0.1) is 17.1 Å². The third-order valence-electron chi connectivity index (χ3n) is 5.68. The van der Waals surface area contributed by atoms with Gasteiger partial charge in [-0.05, 0) is 32.0 Å². The maximum atomic E-state index is 14.4. The van der Waals surface area contributed by atoms with Crippen molar-refractivity contribution in [3.05, 3.63) is 43.6 Å². The van der Waals surface area contributed by atoms with E-state index in [0.717, 1.165) is 11.3 Å². The van der Waals surface area contributed by atoms with Gasteiger partial charge in [-0.3, -0.25) is 14.3 Å². The fourth-order valence-electron chi connectivity index (χ4n) is 3.75. The lowest BCUT2D eigenvalue weighted by Gasteiger charge is -2.34. The van der Waals surface area contributed by atoms with Crippen LogP contribution < -0.4 is 25.4 Å². The first kappa shape index (κ1) is 27.9. The molecular weight excluding hydrogens is 503 g/mol. The van der Waals surface area contributed by atoms with E-state index in [9.17, 15) is 24.0 Å². The van der Waals surface area contributed by atoms with Gasteiger partial charge >= 0.3 is 12.0 Å². The summed E-state index contributed by atoms with van der Waals surface area (Å²) in [6, 6.07) is 5.43. The Morgan fingerprint density at radius 2 is 2.00 bits per heavy atom. The number of hydrogen-bond donors (Lipinski definition) is 3. The van der Waals surface area contributed by atoms with E-state index >= 15 is 0 Å². The van der Waals surface area contributed by atoms with E-state index in [1.807, 2.05) is 11.0 Å². The number of nitriles is 1. The normalized spacial score (nSPS) is 15.2. The summed E-state index contributed by atoms with van der Waals surface area (Å²) in [5.74, 6) is -1.42. The number of piperazine rings is 1. The van der Waals surface area contributed by atoms with Gasteiger partial charge in [-0.25, -0.2) is 14.0 Å². The Morgan fingerprint density at radius 1 is 1.27 bits per heavy atom. The van der Waals surface area contributed by atoms with Crippen LogP contribution in [0.1, 0.15) is 13.8 Å². The number of anilines is 2. The van der Waals surface area contributed by atoms with Crippen LogP contribution in [0.25, 0.3) is 11.8 Å². The fourth-order valence-corrected chi connectivity index (χ4v) is 4.82. The maximum absolute atomic E-state index is 14.4. The van der Waals surface area contributed by atoms with Crippen LogP contribution in [0.5, 0.6) is 0 Å². The number of ether oxygens (including phenoxy) is 1. The molecule has 0 radical (unpaired) electrons. The molecule has 2 amide bonds. The molecule has 0 unspecified atom stereocenters. The van der Waals surface area contributed by atoms with Gasteiger partial charge in [-0.2, -0.15) is 5.26 Å². The molecule has 2 aromatic rings. The van der Waals surface area contributed by atoms with Crippen molar-refractivity contribution in [1.29, 1.82) is 5.26 Å². The third kappa shape index (κ3) is 6.73. The van der Waals surface area contributed by atoms with E-state index in [1.165, 1.54) is 29.0 Å². The Labute approximate surface area is 216 Å². The van der Waals surface area contributed by atoms with Gasteiger partial charge in [0.1, 0.15) is 21.1 Å². The molecule has 1 saturated heterocycles. The fraction of sp³-hybridized carbons (Fsp3) is 0.417. The quantitative estimate of drug-likeness (QED) is 0.413. The second kappa shape index (κ2) is 13.0. The molecule has 1 aliphatic rings. The maximum Gasteiger partial charge on any atom is 0.351 e. The van der Waals surface area contributed by atoms with E-state index in [4.69, 9.17) is 9.84 Å². The summed E-state index contributed by atoms with van der Waals surface area (Å²) < 4.78 is 21.1. The molecule has 1 aromatic carbocycles. The van der Waals surface area contributed by atoms with Crippen LogP contribution in [0.2, 0.25) is 0 Å². The van der Waals surface area contributed by atoms with E-state index in [-0.39, 0.29) is 40.2 Å². The minimum Gasteiger partial charge on any atom is -0.462 e. The lowest BCUT2D eigenvalue weighted by Crippen LogP contribution is -2.50. The van der Waals surface area contributed by atoms with E-state index in [2.05, 4.69) is 10.6 Å². The number of aliphatic hydroxyl groups is 1. The number of esters is 1. The SMILES string of the molecule is CCOC(=O)/C(C#N)=c1\s/c(=C/Nc2ccc(F)c(NC(=O)N3CCN(CCO)CC3)c2)c(=O)n1CC. The predicted molar refractivity (Wildman–Crippen MR) is 138 cm³/mol. The van der Waals surface area contributed by atoms with Gasteiger partial charge in [0.2, 0.25) is 0 Å². The zero-order valence-electron chi connectivity index (χ0n) is 20.6.